The van der Waals surface area contributed by atoms with Crippen molar-refractivity contribution in [3.8, 4) is 6.07 Å². The molecule has 0 heterocycles. The van der Waals surface area contributed by atoms with Crippen LogP contribution in [0.4, 0.5) is 5.69 Å². The Hall–Kier alpha value is -1.62. The molecule has 0 aliphatic rings. The minimum absolute atomic E-state index is 0.155. The van der Waals surface area contributed by atoms with Gasteiger partial charge in [-0.3, -0.25) is 4.79 Å². The molecule has 1 rings (SSSR count). The molecule has 0 atom stereocenters. The largest absolute Gasteiger partial charge is 0.478 e. The van der Waals surface area contributed by atoms with E-state index in [1.807, 2.05) is 22.6 Å². The van der Waals surface area contributed by atoms with Crippen molar-refractivity contribution in [2.75, 3.05) is 5.32 Å². The van der Waals surface area contributed by atoms with Crippen molar-refractivity contribution in [2.45, 2.75) is 6.42 Å². The van der Waals surface area contributed by atoms with Crippen molar-refractivity contribution < 1.29 is 14.7 Å². The van der Waals surface area contributed by atoms with Crippen molar-refractivity contribution in [1.82, 2.24) is 0 Å². The summed E-state index contributed by atoms with van der Waals surface area (Å²) in [7, 11) is 0. The van der Waals surface area contributed by atoms with E-state index in [-0.39, 0.29) is 12.0 Å². The molecule has 0 bridgehead atoms. The minimum atomic E-state index is -1.02. The number of benzene rings is 1. The van der Waals surface area contributed by atoms with Crippen LogP contribution in [-0.4, -0.2) is 17.0 Å². The highest BCUT2D eigenvalue weighted by atomic mass is 127. The molecule has 2 N–H and O–H groups in total. The van der Waals surface area contributed by atoms with Crippen LogP contribution in [-0.2, 0) is 4.79 Å². The zero-order chi connectivity index (χ0) is 12.1. The van der Waals surface area contributed by atoms with Crippen molar-refractivity contribution in [2.24, 2.45) is 0 Å². The average Bonchev–Trinajstić information content (AvgIpc) is 2.21. The van der Waals surface area contributed by atoms with Crippen LogP contribution in [0.2, 0.25) is 0 Å². The molecule has 16 heavy (non-hydrogen) atoms. The molecule has 0 saturated carbocycles. The SMILES string of the molecule is N#CCC(=O)Nc1ccc(C(=O)O)cc1I. The van der Waals surface area contributed by atoms with Crippen molar-refractivity contribution >= 4 is 40.2 Å². The number of nitriles is 1. The average molecular weight is 330 g/mol. The molecule has 0 radical (unpaired) electrons. The van der Waals surface area contributed by atoms with Crippen LogP contribution in [0.1, 0.15) is 16.8 Å². The highest BCUT2D eigenvalue weighted by molar-refractivity contribution is 14.1. The van der Waals surface area contributed by atoms with E-state index in [2.05, 4.69) is 5.32 Å². The lowest BCUT2D eigenvalue weighted by atomic mass is 10.2. The summed E-state index contributed by atoms with van der Waals surface area (Å²) in [6.45, 7) is 0. The molecule has 0 spiro atoms. The maximum atomic E-state index is 11.1. The Morgan fingerprint density at radius 3 is 2.69 bits per heavy atom. The van der Waals surface area contributed by atoms with Gasteiger partial charge < -0.3 is 10.4 Å². The lowest BCUT2D eigenvalue weighted by molar-refractivity contribution is -0.115. The van der Waals surface area contributed by atoms with Gasteiger partial charge >= 0.3 is 5.97 Å². The molecule has 1 aromatic rings. The number of rotatable bonds is 3. The Bertz CT molecular complexity index is 479. The summed E-state index contributed by atoms with van der Waals surface area (Å²) in [6.07, 6.45) is -0.225. The number of carbonyl (C=O) groups is 2. The molecule has 1 amide bonds. The number of amides is 1. The van der Waals surface area contributed by atoms with Crippen LogP contribution < -0.4 is 5.32 Å². The van der Waals surface area contributed by atoms with Gasteiger partial charge in [-0.05, 0) is 40.8 Å². The van der Waals surface area contributed by atoms with E-state index < -0.39 is 11.9 Å². The van der Waals surface area contributed by atoms with Gasteiger partial charge in [-0.25, -0.2) is 4.79 Å². The molecule has 0 aromatic heterocycles. The first-order chi connectivity index (χ1) is 7.54. The third-order valence-corrected chi connectivity index (χ3v) is 2.62. The summed E-state index contributed by atoms with van der Waals surface area (Å²) in [4.78, 5) is 21.8. The summed E-state index contributed by atoms with van der Waals surface area (Å²) >= 11 is 1.92. The summed E-state index contributed by atoms with van der Waals surface area (Å²) in [5, 5.41) is 19.6. The van der Waals surface area contributed by atoms with Crippen LogP contribution in [0.3, 0.4) is 0 Å². The number of halogens is 1. The van der Waals surface area contributed by atoms with Crippen LogP contribution in [0.5, 0.6) is 0 Å². The maximum Gasteiger partial charge on any atom is 0.335 e. The number of carbonyl (C=O) groups excluding carboxylic acids is 1. The Morgan fingerprint density at radius 1 is 1.50 bits per heavy atom. The number of hydrogen-bond donors (Lipinski definition) is 2. The second-order valence-corrected chi connectivity index (χ2v) is 4.05. The van der Waals surface area contributed by atoms with Gasteiger partial charge in [0, 0.05) is 3.57 Å². The Morgan fingerprint density at radius 2 is 2.19 bits per heavy atom. The van der Waals surface area contributed by atoms with Crippen LogP contribution in [0.15, 0.2) is 18.2 Å². The molecule has 1 aromatic carbocycles. The van der Waals surface area contributed by atoms with E-state index in [0.29, 0.717) is 9.26 Å². The van der Waals surface area contributed by atoms with E-state index >= 15 is 0 Å². The molecular weight excluding hydrogens is 323 g/mol. The normalized spacial score (nSPS) is 9.25. The van der Waals surface area contributed by atoms with Crippen LogP contribution in [0.25, 0.3) is 0 Å². The second kappa shape index (κ2) is 5.46. The van der Waals surface area contributed by atoms with E-state index in [4.69, 9.17) is 10.4 Å². The highest BCUT2D eigenvalue weighted by Gasteiger charge is 2.08. The predicted octanol–water partition coefficient (Wildman–Crippen LogP) is 1.84. The Balaban J connectivity index is 2.88. The molecule has 0 unspecified atom stereocenters. The quantitative estimate of drug-likeness (QED) is 0.828. The first kappa shape index (κ1) is 12.4. The highest BCUT2D eigenvalue weighted by Crippen LogP contribution is 2.19. The van der Waals surface area contributed by atoms with Gasteiger partial charge in [0.2, 0.25) is 5.91 Å². The second-order valence-electron chi connectivity index (χ2n) is 2.88. The fourth-order valence-corrected chi connectivity index (χ4v) is 1.67. The Kier molecular flexibility index (Phi) is 4.25. The molecule has 0 saturated heterocycles. The number of aromatic carboxylic acids is 1. The van der Waals surface area contributed by atoms with Gasteiger partial charge in [0.1, 0.15) is 6.42 Å². The number of hydrogen-bond acceptors (Lipinski definition) is 3. The molecule has 5 nitrogen and oxygen atoms in total. The predicted molar refractivity (Wildman–Crippen MR) is 65.0 cm³/mol. The monoisotopic (exact) mass is 330 g/mol. The fourth-order valence-electron chi connectivity index (χ4n) is 1.02. The summed E-state index contributed by atoms with van der Waals surface area (Å²) in [5.41, 5.74) is 0.661. The Labute approximate surface area is 105 Å². The number of carboxylic acid groups (broad SMARTS) is 1. The topological polar surface area (TPSA) is 90.2 Å². The number of anilines is 1. The van der Waals surface area contributed by atoms with Gasteiger partial charge in [-0.2, -0.15) is 5.26 Å². The first-order valence-electron chi connectivity index (χ1n) is 4.24. The lowest BCUT2D eigenvalue weighted by Gasteiger charge is -2.06. The standard InChI is InChI=1S/C10H7IN2O3/c11-7-5-6(10(15)16)1-2-8(7)13-9(14)3-4-12/h1-2,5H,3H2,(H,13,14)(H,15,16). The van der Waals surface area contributed by atoms with Gasteiger partial charge in [-0.15, -0.1) is 0 Å². The smallest absolute Gasteiger partial charge is 0.335 e. The number of nitrogens with one attached hydrogen (secondary N) is 1. The molecule has 0 aliphatic heterocycles. The van der Waals surface area contributed by atoms with Crippen molar-refractivity contribution in [3.63, 3.8) is 0 Å². The number of nitrogens with zero attached hydrogens (tertiary/aromatic N) is 1. The van der Waals surface area contributed by atoms with Crippen molar-refractivity contribution in [1.29, 1.82) is 5.26 Å². The van der Waals surface area contributed by atoms with E-state index in [0.717, 1.165) is 0 Å². The first-order valence-corrected chi connectivity index (χ1v) is 5.32. The zero-order valence-electron chi connectivity index (χ0n) is 8.03. The third-order valence-electron chi connectivity index (χ3n) is 1.73. The van der Waals surface area contributed by atoms with Crippen molar-refractivity contribution in [3.05, 3.63) is 27.3 Å². The summed E-state index contributed by atoms with van der Waals surface area (Å²) in [6, 6.07) is 6.07. The molecule has 6 heteroatoms. The zero-order valence-corrected chi connectivity index (χ0v) is 10.2. The van der Waals surface area contributed by atoms with Gasteiger partial charge in [0.15, 0.2) is 0 Å². The molecule has 0 aliphatic carbocycles. The molecule has 0 fully saturated rings. The van der Waals surface area contributed by atoms with Crippen LogP contribution in [0, 0.1) is 14.9 Å². The van der Waals surface area contributed by atoms with Gasteiger partial charge in [0.25, 0.3) is 0 Å². The fraction of sp³-hybridized carbons (Fsp3) is 0.100. The number of carboxylic acids is 1. The van der Waals surface area contributed by atoms with Crippen LogP contribution >= 0.6 is 22.6 Å². The summed E-state index contributed by atoms with van der Waals surface area (Å²) in [5.74, 6) is -1.43. The maximum absolute atomic E-state index is 11.1. The van der Waals surface area contributed by atoms with Gasteiger partial charge in [0.05, 0.1) is 17.3 Å². The third kappa shape index (κ3) is 3.20. The van der Waals surface area contributed by atoms with E-state index in [1.165, 1.54) is 18.2 Å². The van der Waals surface area contributed by atoms with E-state index in [1.54, 1.807) is 6.07 Å². The van der Waals surface area contributed by atoms with Gasteiger partial charge in [-0.1, -0.05) is 0 Å². The van der Waals surface area contributed by atoms with E-state index in [9.17, 15) is 9.59 Å². The summed E-state index contributed by atoms with van der Waals surface area (Å²) < 4.78 is 0.615. The lowest BCUT2D eigenvalue weighted by Crippen LogP contribution is -2.11. The molecular formula is C10H7IN2O3. The minimum Gasteiger partial charge on any atom is -0.478 e. The molecule has 82 valence electrons.